The molecular formula is C15H20ClNO2. The molecule has 0 saturated carbocycles. The fraction of sp³-hybridized carbons (Fsp3) is 0.533. The Morgan fingerprint density at radius 2 is 2.00 bits per heavy atom. The van der Waals surface area contributed by atoms with E-state index >= 15 is 0 Å². The van der Waals surface area contributed by atoms with Gasteiger partial charge in [-0.1, -0.05) is 6.07 Å². The van der Waals surface area contributed by atoms with Gasteiger partial charge in [0.15, 0.2) is 11.5 Å². The molecule has 0 fully saturated rings. The first-order valence-electron chi connectivity index (χ1n) is 6.38. The first-order chi connectivity index (χ1) is 9.02. The number of ether oxygens (including phenoxy) is 2. The number of rotatable bonds is 7. The van der Waals surface area contributed by atoms with Gasteiger partial charge < -0.3 is 9.47 Å². The average Bonchev–Trinajstić information content (AvgIpc) is 2.40. The van der Waals surface area contributed by atoms with Gasteiger partial charge in [-0.3, -0.25) is 0 Å². The van der Waals surface area contributed by atoms with Crippen molar-refractivity contribution in [2.75, 3.05) is 13.2 Å². The summed E-state index contributed by atoms with van der Waals surface area (Å²) < 4.78 is 11.2. The zero-order chi connectivity index (χ0) is 14.3. The van der Waals surface area contributed by atoms with Gasteiger partial charge in [-0.2, -0.15) is 5.26 Å². The van der Waals surface area contributed by atoms with E-state index in [4.69, 9.17) is 26.3 Å². The molecule has 1 aromatic carbocycles. The molecule has 1 aromatic rings. The first kappa shape index (κ1) is 15.7. The third-order valence-corrected chi connectivity index (χ3v) is 3.06. The number of benzene rings is 1. The van der Waals surface area contributed by atoms with Crippen LogP contribution in [-0.2, 0) is 5.88 Å². The Balaban J connectivity index is 2.70. The topological polar surface area (TPSA) is 42.2 Å². The van der Waals surface area contributed by atoms with E-state index in [1.165, 1.54) is 0 Å². The van der Waals surface area contributed by atoms with E-state index in [0.717, 1.165) is 5.56 Å². The Kier molecular flexibility index (Phi) is 5.98. The number of hydrogen-bond donors (Lipinski definition) is 0. The summed E-state index contributed by atoms with van der Waals surface area (Å²) >= 11 is 5.80. The zero-order valence-electron chi connectivity index (χ0n) is 11.7. The Hall–Kier alpha value is -1.40. The van der Waals surface area contributed by atoms with Crippen molar-refractivity contribution in [3.05, 3.63) is 23.8 Å². The molecule has 0 bridgehead atoms. The molecule has 19 heavy (non-hydrogen) atoms. The van der Waals surface area contributed by atoms with Crippen molar-refractivity contribution < 1.29 is 9.47 Å². The SMILES string of the molecule is CCOc1cc(CCl)ccc1OCCC(C)(C)C#N. The molecule has 4 heteroatoms. The highest BCUT2D eigenvalue weighted by atomic mass is 35.5. The van der Waals surface area contributed by atoms with Crippen molar-refractivity contribution in [2.45, 2.75) is 33.1 Å². The second-order valence-electron chi connectivity index (χ2n) is 4.94. The lowest BCUT2D eigenvalue weighted by Crippen LogP contribution is -2.13. The lowest BCUT2D eigenvalue weighted by Gasteiger charge is -2.17. The zero-order valence-corrected chi connectivity index (χ0v) is 12.5. The van der Waals surface area contributed by atoms with Gasteiger partial charge >= 0.3 is 0 Å². The molecule has 0 aliphatic rings. The van der Waals surface area contributed by atoms with Gasteiger partial charge in [-0.25, -0.2) is 0 Å². The Bertz CT molecular complexity index is 452. The summed E-state index contributed by atoms with van der Waals surface area (Å²) in [6.07, 6.45) is 0.673. The summed E-state index contributed by atoms with van der Waals surface area (Å²) in [6.45, 7) is 6.79. The molecule has 0 aliphatic carbocycles. The molecule has 0 atom stereocenters. The van der Waals surface area contributed by atoms with Crippen LogP contribution in [0, 0.1) is 16.7 Å². The number of nitrogens with zero attached hydrogens (tertiary/aromatic N) is 1. The molecular weight excluding hydrogens is 262 g/mol. The largest absolute Gasteiger partial charge is 0.490 e. The van der Waals surface area contributed by atoms with E-state index in [-0.39, 0.29) is 5.41 Å². The molecule has 0 unspecified atom stereocenters. The fourth-order valence-corrected chi connectivity index (χ4v) is 1.66. The van der Waals surface area contributed by atoms with Crippen molar-refractivity contribution >= 4 is 11.6 Å². The number of hydrogen-bond acceptors (Lipinski definition) is 3. The maximum absolute atomic E-state index is 8.95. The predicted octanol–water partition coefficient (Wildman–Crippen LogP) is 4.14. The van der Waals surface area contributed by atoms with Crippen LogP contribution in [0.4, 0.5) is 0 Å². The lowest BCUT2D eigenvalue weighted by molar-refractivity contribution is 0.245. The third kappa shape index (κ3) is 5.00. The maximum Gasteiger partial charge on any atom is 0.161 e. The fourth-order valence-electron chi connectivity index (χ4n) is 1.50. The van der Waals surface area contributed by atoms with Crippen LogP contribution < -0.4 is 9.47 Å². The quantitative estimate of drug-likeness (QED) is 0.705. The van der Waals surface area contributed by atoms with Gasteiger partial charge in [-0.05, 0) is 44.9 Å². The van der Waals surface area contributed by atoms with Gasteiger partial charge in [0.2, 0.25) is 0 Å². The number of alkyl halides is 1. The lowest BCUT2D eigenvalue weighted by atomic mass is 9.92. The molecule has 104 valence electrons. The molecule has 0 aliphatic heterocycles. The van der Waals surface area contributed by atoms with Crippen molar-refractivity contribution in [3.8, 4) is 17.6 Å². The van der Waals surface area contributed by atoms with Crippen LogP contribution >= 0.6 is 11.6 Å². The number of nitriles is 1. The molecule has 0 spiro atoms. The summed E-state index contributed by atoms with van der Waals surface area (Å²) in [4.78, 5) is 0. The molecule has 0 amide bonds. The second kappa shape index (κ2) is 7.25. The van der Waals surface area contributed by atoms with Gasteiger partial charge in [0, 0.05) is 5.88 Å². The van der Waals surface area contributed by atoms with E-state index in [1.807, 2.05) is 39.0 Å². The molecule has 0 heterocycles. The highest BCUT2D eigenvalue weighted by molar-refractivity contribution is 6.17. The summed E-state index contributed by atoms with van der Waals surface area (Å²) in [5, 5.41) is 8.95. The number of halogens is 1. The Morgan fingerprint density at radius 3 is 2.58 bits per heavy atom. The minimum atomic E-state index is -0.373. The summed E-state index contributed by atoms with van der Waals surface area (Å²) in [5.74, 6) is 1.85. The van der Waals surface area contributed by atoms with Crippen molar-refractivity contribution in [2.24, 2.45) is 5.41 Å². The van der Waals surface area contributed by atoms with E-state index in [2.05, 4.69) is 6.07 Å². The highest BCUT2D eigenvalue weighted by Gasteiger charge is 2.17. The first-order valence-corrected chi connectivity index (χ1v) is 6.91. The van der Waals surface area contributed by atoms with E-state index < -0.39 is 0 Å². The van der Waals surface area contributed by atoms with E-state index in [1.54, 1.807) is 0 Å². The molecule has 0 aromatic heterocycles. The van der Waals surface area contributed by atoms with Gasteiger partial charge in [-0.15, -0.1) is 11.6 Å². The van der Waals surface area contributed by atoms with Crippen LogP contribution in [0.2, 0.25) is 0 Å². The summed E-state index contributed by atoms with van der Waals surface area (Å²) in [6, 6.07) is 7.93. The predicted molar refractivity (Wildman–Crippen MR) is 76.7 cm³/mol. The second-order valence-corrected chi connectivity index (χ2v) is 5.21. The van der Waals surface area contributed by atoms with Crippen molar-refractivity contribution in [3.63, 3.8) is 0 Å². The minimum Gasteiger partial charge on any atom is -0.490 e. The molecule has 0 N–H and O–H groups in total. The Labute approximate surface area is 120 Å². The normalized spacial score (nSPS) is 10.9. The van der Waals surface area contributed by atoms with Crippen LogP contribution in [0.15, 0.2) is 18.2 Å². The maximum atomic E-state index is 8.95. The van der Waals surface area contributed by atoms with Crippen molar-refractivity contribution in [1.29, 1.82) is 5.26 Å². The van der Waals surface area contributed by atoms with Crippen LogP contribution in [0.1, 0.15) is 32.8 Å². The van der Waals surface area contributed by atoms with Gasteiger partial charge in [0.1, 0.15) is 0 Å². The van der Waals surface area contributed by atoms with Gasteiger partial charge in [0.25, 0.3) is 0 Å². The summed E-state index contributed by atoms with van der Waals surface area (Å²) in [7, 11) is 0. The van der Waals surface area contributed by atoms with E-state index in [0.29, 0.717) is 37.0 Å². The van der Waals surface area contributed by atoms with E-state index in [9.17, 15) is 0 Å². The highest BCUT2D eigenvalue weighted by Crippen LogP contribution is 2.30. The standard InChI is InChI=1S/C15H20ClNO2/c1-4-18-14-9-12(10-16)5-6-13(14)19-8-7-15(2,3)11-17/h5-6,9H,4,7-8,10H2,1-3H3. The van der Waals surface area contributed by atoms with Crippen molar-refractivity contribution in [1.82, 2.24) is 0 Å². The van der Waals surface area contributed by atoms with Crippen LogP contribution in [0.3, 0.4) is 0 Å². The van der Waals surface area contributed by atoms with Gasteiger partial charge in [0.05, 0.1) is 24.7 Å². The van der Waals surface area contributed by atoms with Crippen LogP contribution in [0.5, 0.6) is 11.5 Å². The molecule has 3 nitrogen and oxygen atoms in total. The Morgan fingerprint density at radius 1 is 1.26 bits per heavy atom. The third-order valence-electron chi connectivity index (χ3n) is 2.75. The summed E-state index contributed by atoms with van der Waals surface area (Å²) in [5.41, 5.74) is 0.622. The monoisotopic (exact) mass is 281 g/mol. The molecule has 1 rings (SSSR count). The molecule has 0 saturated heterocycles. The molecule has 0 radical (unpaired) electrons. The van der Waals surface area contributed by atoms with Crippen LogP contribution in [0.25, 0.3) is 0 Å². The average molecular weight is 282 g/mol. The van der Waals surface area contributed by atoms with Crippen LogP contribution in [-0.4, -0.2) is 13.2 Å². The smallest absolute Gasteiger partial charge is 0.161 e. The minimum absolute atomic E-state index is 0.373.